The summed E-state index contributed by atoms with van der Waals surface area (Å²) in [6, 6.07) is 26.8. The molecule has 0 saturated carbocycles. The molecule has 9 rings (SSSR count). The first-order chi connectivity index (χ1) is 32.7. The highest BCUT2D eigenvalue weighted by Gasteiger charge is 2.40. The maximum Gasteiger partial charge on any atom is 0.407 e. The van der Waals surface area contributed by atoms with Crippen molar-refractivity contribution in [1.82, 2.24) is 40.4 Å². The van der Waals surface area contributed by atoms with Gasteiger partial charge in [-0.2, -0.15) is 0 Å². The number of imidazole rings is 2. The Bertz CT molecular complexity index is 2760. The summed E-state index contributed by atoms with van der Waals surface area (Å²) >= 11 is 0. The third-order valence-corrected chi connectivity index (χ3v) is 13.9. The van der Waals surface area contributed by atoms with Gasteiger partial charge in [-0.05, 0) is 102 Å². The van der Waals surface area contributed by atoms with Crippen LogP contribution in [0.3, 0.4) is 0 Å². The zero-order valence-electron chi connectivity index (χ0n) is 38.8. The zero-order chi connectivity index (χ0) is 46.6. The highest BCUT2D eigenvalue weighted by Crippen LogP contribution is 2.40. The van der Waals surface area contributed by atoms with Gasteiger partial charge in [0.25, 0.3) is 5.91 Å². The zero-order valence-corrected chi connectivity index (χ0v) is 38.8. The van der Waals surface area contributed by atoms with Gasteiger partial charge in [-0.1, -0.05) is 99.5 Å². The number of methoxy groups -OCH3 is 2. The number of rotatable bonds is 14. The van der Waals surface area contributed by atoms with Crippen LogP contribution >= 0.6 is 0 Å². The molecule has 4 amide bonds. The van der Waals surface area contributed by atoms with Crippen molar-refractivity contribution >= 4 is 34.8 Å². The topological polar surface area (TPSA) is 175 Å². The second kappa shape index (κ2) is 19.9. The van der Waals surface area contributed by atoms with E-state index in [4.69, 9.17) is 19.4 Å². The monoisotopic (exact) mass is 904 g/mol. The first-order valence-corrected chi connectivity index (χ1v) is 23.8. The van der Waals surface area contributed by atoms with Gasteiger partial charge in [0.15, 0.2) is 0 Å². The maximum absolute atomic E-state index is 14.3. The van der Waals surface area contributed by atoms with E-state index in [9.17, 15) is 19.2 Å². The van der Waals surface area contributed by atoms with Crippen LogP contribution in [0.4, 0.5) is 9.59 Å². The number of benzene rings is 4. The van der Waals surface area contributed by atoms with Crippen molar-refractivity contribution in [2.45, 2.75) is 102 Å². The van der Waals surface area contributed by atoms with Crippen LogP contribution < -0.4 is 10.6 Å². The number of alkyl carbamates (subject to hydrolysis) is 2. The Morgan fingerprint density at radius 3 is 2.04 bits per heavy atom. The third kappa shape index (κ3) is 9.26. The predicted molar refractivity (Wildman–Crippen MR) is 257 cm³/mol. The molecule has 1 aliphatic carbocycles. The molecule has 14 heteroatoms. The van der Waals surface area contributed by atoms with E-state index in [1.54, 1.807) is 4.90 Å². The fraction of sp³-hybridized carbons (Fsp3) is 0.396. The molecule has 4 N–H and O–H groups in total. The van der Waals surface area contributed by atoms with Gasteiger partial charge in [0, 0.05) is 29.9 Å². The highest BCUT2D eigenvalue weighted by atomic mass is 16.5. The van der Waals surface area contributed by atoms with Crippen molar-refractivity contribution in [3.63, 3.8) is 0 Å². The molecule has 6 aromatic rings. The minimum Gasteiger partial charge on any atom is -0.453 e. The minimum absolute atomic E-state index is 0.0275. The smallest absolute Gasteiger partial charge is 0.407 e. The standard InChI is InChI=1S/C53H60N8O6/c1-5-12-32(13-6-2)45(58-52(64)66-3)50(62)61-27-11-17-44(61)49-55-41-25-23-38-29-37(22-24-40(38)47(41)57-49)34-18-19-36-30-39(21-20-35(36)28-34)42-31-54-48(56-42)43-16-10-26-60(43)51(63)46(59-53(65)67-4)33-14-8-7-9-15-33/h7-9,14-15,18-22,24,28-32,43-46H,5-6,10-13,16-17,23,25-27H2,1-4H3,(H,54,56)(H,55,57)(H,58,64)(H,59,65)/t43-,44-,45-,46+/m0/s1. The highest BCUT2D eigenvalue weighted by molar-refractivity contribution is 5.91. The number of fused-ring (bicyclic) bond motifs is 4. The lowest BCUT2D eigenvalue weighted by Gasteiger charge is -2.32. The molecule has 4 atom stereocenters. The first-order valence-electron chi connectivity index (χ1n) is 23.8. The third-order valence-electron chi connectivity index (χ3n) is 13.9. The number of hydrogen-bond acceptors (Lipinski definition) is 8. The summed E-state index contributed by atoms with van der Waals surface area (Å²) in [5.41, 5.74) is 9.21. The SMILES string of the molecule is CCCC(CCC)[C@H](NC(=O)OC)C(=O)N1CCC[C@H]1c1nc2c([nH]1)CCc1cc(-c3ccc4cc(-c5cnc([C@@H]6CCCN6C(=O)[C@H](NC(=O)OC)c6ccccc6)[nH]5)ccc4c3)ccc1-2. The Labute approximate surface area is 391 Å². The molecule has 3 aliphatic rings. The second-order valence-corrected chi connectivity index (χ2v) is 18.1. The number of carbonyl (C=O) groups is 4. The molecular formula is C53H60N8O6. The number of nitrogens with one attached hydrogen (secondary N) is 4. The van der Waals surface area contributed by atoms with Crippen LogP contribution in [0, 0.1) is 5.92 Å². The van der Waals surface area contributed by atoms with Crippen LogP contribution in [0.25, 0.3) is 44.4 Å². The number of aryl methyl sites for hydroxylation is 2. The Morgan fingerprint density at radius 2 is 1.34 bits per heavy atom. The quantitative estimate of drug-likeness (QED) is 0.0836. The maximum atomic E-state index is 14.3. The normalized spacial score (nSPS) is 17.5. The molecule has 4 aromatic carbocycles. The summed E-state index contributed by atoms with van der Waals surface area (Å²) in [6.07, 6.45) is 9.08. The van der Waals surface area contributed by atoms with Crippen LogP contribution in [-0.4, -0.2) is 87.1 Å². The molecule has 2 fully saturated rings. The van der Waals surface area contributed by atoms with E-state index >= 15 is 0 Å². The van der Waals surface area contributed by atoms with Crippen molar-refractivity contribution in [2.24, 2.45) is 5.92 Å². The molecular weight excluding hydrogens is 845 g/mol. The number of carbonyl (C=O) groups excluding carboxylic acids is 4. The van der Waals surface area contributed by atoms with Gasteiger partial charge in [0.05, 0.1) is 43.9 Å². The molecule has 14 nitrogen and oxygen atoms in total. The Balaban J connectivity index is 0.904. The van der Waals surface area contributed by atoms with Gasteiger partial charge < -0.3 is 39.9 Å². The Kier molecular flexibility index (Phi) is 13.4. The molecule has 0 unspecified atom stereocenters. The van der Waals surface area contributed by atoms with Crippen molar-refractivity contribution in [3.05, 3.63) is 120 Å². The van der Waals surface area contributed by atoms with Crippen LogP contribution in [-0.2, 0) is 31.9 Å². The van der Waals surface area contributed by atoms with Gasteiger partial charge in [-0.25, -0.2) is 19.6 Å². The predicted octanol–water partition coefficient (Wildman–Crippen LogP) is 9.75. The van der Waals surface area contributed by atoms with Crippen LogP contribution in [0.1, 0.15) is 112 Å². The number of hydrogen-bond donors (Lipinski definition) is 4. The number of likely N-dealkylation sites (tertiary alicyclic amines) is 2. The van der Waals surface area contributed by atoms with E-state index in [0.717, 1.165) is 120 Å². The number of H-pyrrole nitrogens is 2. The molecule has 4 heterocycles. The van der Waals surface area contributed by atoms with Crippen LogP contribution in [0.5, 0.6) is 0 Å². The van der Waals surface area contributed by atoms with Crippen molar-refractivity contribution in [1.29, 1.82) is 0 Å². The number of aromatic nitrogens is 4. The number of ether oxygens (including phenoxy) is 2. The average molecular weight is 905 g/mol. The molecule has 2 aromatic heterocycles. The molecule has 2 saturated heterocycles. The minimum atomic E-state index is -0.881. The van der Waals surface area contributed by atoms with E-state index in [2.05, 4.69) is 89.0 Å². The fourth-order valence-electron chi connectivity index (χ4n) is 10.6. The Morgan fingerprint density at radius 1 is 0.716 bits per heavy atom. The Hall–Kier alpha value is -6.96. The summed E-state index contributed by atoms with van der Waals surface area (Å²) in [7, 11) is 2.63. The van der Waals surface area contributed by atoms with Gasteiger partial charge >= 0.3 is 12.2 Å². The molecule has 67 heavy (non-hydrogen) atoms. The lowest BCUT2D eigenvalue weighted by atomic mass is 9.89. The van der Waals surface area contributed by atoms with Gasteiger partial charge in [0.2, 0.25) is 5.91 Å². The fourth-order valence-corrected chi connectivity index (χ4v) is 10.6. The summed E-state index contributed by atoms with van der Waals surface area (Å²) < 4.78 is 9.82. The van der Waals surface area contributed by atoms with Crippen LogP contribution in [0.15, 0.2) is 91.1 Å². The molecule has 348 valence electrons. The molecule has 0 radical (unpaired) electrons. The summed E-state index contributed by atoms with van der Waals surface area (Å²) in [5.74, 6) is 1.28. The van der Waals surface area contributed by atoms with Crippen molar-refractivity contribution in [2.75, 3.05) is 27.3 Å². The van der Waals surface area contributed by atoms with E-state index in [1.165, 1.54) is 19.8 Å². The van der Waals surface area contributed by atoms with Crippen molar-refractivity contribution < 1.29 is 28.7 Å². The number of aromatic amines is 2. The largest absolute Gasteiger partial charge is 0.453 e. The molecule has 2 aliphatic heterocycles. The number of nitrogens with zero attached hydrogens (tertiary/aromatic N) is 4. The molecule has 0 spiro atoms. The first kappa shape index (κ1) is 45.2. The van der Waals surface area contributed by atoms with Crippen LogP contribution in [0.2, 0.25) is 0 Å². The molecule has 0 bridgehead atoms. The average Bonchev–Trinajstić information content (AvgIpc) is 4.21. The van der Waals surface area contributed by atoms with Gasteiger partial charge in [-0.3, -0.25) is 9.59 Å². The number of amides is 4. The van der Waals surface area contributed by atoms with E-state index < -0.39 is 24.3 Å². The summed E-state index contributed by atoms with van der Waals surface area (Å²) in [5, 5.41) is 7.85. The summed E-state index contributed by atoms with van der Waals surface area (Å²) in [4.78, 5) is 73.9. The van der Waals surface area contributed by atoms with Gasteiger partial charge in [0.1, 0.15) is 23.7 Å². The lowest BCUT2D eigenvalue weighted by molar-refractivity contribution is -0.136. The van der Waals surface area contributed by atoms with E-state index in [0.29, 0.717) is 24.5 Å². The van der Waals surface area contributed by atoms with Crippen molar-refractivity contribution in [3.8, 4) is 33.6 Å². The van der Waals surface area contributed by atoms with E-state index in [1.807, 2.05) is 41.4 Å². The van der Waals surface area contributed by atoms with E-state index in [-0.39, 0.29) is 29.8 Å². The second-order valence-electron chi connectivity index (χ2n) is 18.1. The van der Waals surface area contributed by atoms with Gasteiger partial charge in [-0.15, -0.1) is 0 Å². The summed E-state index contributed by atoms with van der Waals surface area (Å²) in [6.45, 7) is 5.40. The lowest BCUT2D eigenvalue weighted by Crippen LogP contribution is -2.52.